The van der Waals surface area contributed by atoms with E-state index in [0.717, 1.165) is 12.0 Å². The van der Waals surface area contributed by atoms with Gasteiger partial charge in [-0.2, -0.15) is 0 Å². The third-order valence-corrected chi connectivity index (χ3v) is 2.87. The Balaban J connectivity index is 2.34. The molecule has 0 spiro atoms. The molecule has 4 nitrogen and oxygen atoms in total. The van der Waals surface area contributed by atoms with Gasteiger partial charge in [-0.1, -0.05) is 43.7 Å². The highest BCUT2D eigenvalue weighted by Crippen LogP contribution is 2.12. The normalized spacial score (nSPS) is 11.8. The van der Waals surface area contributed by atoms with Crippen LogP contribution in [0.1, 0.15) is 31.7 Å². The summed E-state index contributed by atoms with van der Waals surface area (Å²) in [4.78, 5) is 22.5. The number of carbonyl (C=O) groups is 2. The minimum atomic E-state index is -0.349. The van der Waals surface area contributed by atoms with Crippen LogP contribution in [0.3, 0.4) is 0 Å². The molecule has 1 unspecified atom stereocenters. The van der Waals surface area contributed by atoms with Crippen molar-refractivity contribution in [1.82, 2.24) is 5.32 Å². The van der Waals surface area contributed by atoms with Crippen molar-refractivity contribution in [3.05, 3.63) is 35.9 Å². The molecule has 1 rings (SSSR count). The molecule has 2 amide bonds. The van der Waals surface area contributed by atoms with Crippen molar-refractivity contribution in [2.24, 2.45) is 11.7 Å². The van der Waals surface area contributed by atoms with Crippen LogP contribution in [-0.2, 0) is 16.1 Å². The Bertz CT molecular complexity index is 390. The van der Waals surface area contributed by atoms with Crippen LogP contribution < -0.4 is 11.1 Å². The third kappa shape index (κ3) is 5.48. The lowest BCUT2D eigenvalue weighted by Crippen LogP contribution is -2.26. The molecule has 0 heterocycles. The Morgan fingerprint density at radius 1 is 1.22 bits per heavy atom. The van der Waals surface area contributed by atoms with Crippen molar-refractivity contribution in [2.75, 3.05) is 0 Å². The van der Waals surface area contributed by atoms with Crippen LogP contribution in [0.4, 0.5) is 0 Å². The molecule has 0 aliphatic heterocycles. The fourth-order valence-corrected chi connectivity index (χ4v) is 1.78. The molecule has 0 bridgehead atoms. The van der Waals surface area contributed by atoms with Crippen LogP contribution in [-0.4, -0.2) is 11.8 Å². The first-order valence-electron chi connectivity index (χ1n) is 6.20. The molecule has 4 heteroatoms. The van der Waals surface area contributed by atoms with Gasteiger partial charge in [0, 0.05) is 19.4 Å². The van der Waals surface area contributed by atoms with Crippen LogP contribution >= 0.6 is 0 Å². The molecule has 0 aliphatic rings. The summed E-state index contributed by atoms with van der Waals surface area (Å²) in [5.41, 5.74) is 6.20. The van der Waals surface area contributed by atoms with E-state index in [4.69, 9.17) is 5.73 Å². The van der Waals surface area contributed by atoms with E-state index in [1.54, 1.807) is 0 Å². The van der Waals surface area contributed by atoms with E-state index in [1.807, 2.05) is 37.3 Å². The van der Waals surface area contributed by atoms with Gasteiger partial charge in [-0.15, -0.1) is 0 Å². The molecule has 0 saturated carbocycles. The van der Waals surface area contributed by atoms with E-state index in [0.29, 0.717) is 13.0 Å². The highest BCUT2D eigenvalue weighted by molar-refractivity contribution is 5.78. The van der Waals surface area contributed by atoms with Gasteiger partial charge in [0.25, 0.3) is 0 Å². The lowest BCUT2D eigenvalue weighted by molar-refractivity contribution is -0.123. The van der Waals surface area contributed by atoms with Gasteiger partial charge in [0.05, 0.1) is 0 Å². The summed E-state index contributed by atoms with van der Waals surface area (Å²) in [5.74, 6) is -0.345. The molecule has 1 aromatic carbocycles. The number of nitrogens with one attached hydrogen (secondary N) is 1. The SMILES string of the molecule is CCC(CC(N)=O)CC(=O)NCc1ccccc1. The van der Waals surface area contributed by atoms with Crippen molar-refractivity contribution in [3.8, 4) is 0 Å². The highest BCUT2D eigenvalue weighted by atomic mass is 16.2. The Morgan fingerprint density at radius 3 is 2.44 bits per heavy atom. The van der Waals surface area contributed by atoms with Gasteiger partial charge in [0.2, 0.25) is 11.8 Å². The topological polar surface area (TPSA) is 72.2 Å². The number of amides is 2. The maximum Gasteiger partial charge on any atom is 0.220 e. The summed E-state index contributed by atoms with van der Waals surface area (Å²) in [6.07, 6.45) is 1.41. The largest absolute Gasteiger partial charge is 0.370 e. The van der Waals surface area contributed by atoms with Crippen molar-refractivity contribution in [3.63, 3.8) is 0 Å². The van der Waals surface area contributed by atoms with E-state index in [9.17, 15) is 9.59 Å². The second-order valence-electron chi connectivity index (χ2n) is 4.41. The van der Waals surface area contributed by atoms with E-state index >= 15 is 0 Å². The van der Waals surface area contributed by atoms with Gasteiger partial charge in [0.1, 0.15) is 0 Å². The second kappa shape index (κ2) is 7.48. The predicted octanol–water partition coefficient (Wildman–Crippen LogP) is 1.59. The Kier molecular flexibility index (Phi) is 5.91. The second-order valence-corrected chi connectivity index (χ2v) is 4.41. The van der Waals surface area contributed by atoms with Crippen molar-refractivity contribution >= 4 is 11.8 Å². The Hall–Kier alpha value is -1.84. The van der Waals surface area contributed by atoms with Crippen LogP contribution in [0.5, 0.6) is 0 Å². The van der Waals surface area contributed by atoms with E-state index in [1.165, 1.54) is 0 Å². The van der Waals surface area contributed by atoms with E-state index in [-0.39, 0.29) is 24.2 Å². The number of hydrogen-bond acceptors (Lipinski definition) is 2. The highest BCUT2D eigenvalue weighted by Gasteiger charge is 2.14. The average Bonchev–Trinajstić information content (AvgIpc) is 2.36. The molecule has 98 valence electrons. The number of benzene rings is 1. The molecule has 3 N–H and O–H groups in total. The molecule has 0 saturated heterocycles. The first-order chi connectivity index (χ1) is 8.61. The monoisotopic (exact) mass is 248 g/mol. The van der Waals surface area contributed by atoms with Gasteiger partial charge in [-0.3, -0.25) is 9.59 Å². The number of nitrogens with two attached hydrogens (primary N) is 1. The summed E-state index contributed by atoms with van der Waals surface area (Å²) in [6.45, 7) is 2.48. The van der Waals surface area contributed by atoms with Crippen molar-refractivity contribution < 1.29 is 9.59 Å². The molecule has 0 fully saturated rings. The molecule has 0 aromatic heterocycles. The first kappa shape index (κ1) is 14.2. The molecule has 1 aromatic rings. The average molecular weight is 248 g/mol. The maximum atomic E-state index is 11.7. The van der Waals surface area contributed by atoms with Gasteiger partial charge < -0.3 is 11.1 Å². The van der Waals surface area contributed by atoms with Gasteiger partial charge >= 0.3 is 0 Å². The zero-order valence-electron chi connectivity index (χ0n) is 10.7. The molecular weight excluding hydrogens is 228 g/mol. The summed E-state index contributed by atoms with van der Waals surface area (Å²) in [7, 11) is 0. The van der Waals surface area contributed by atoms with Crippen LogP contribution in [0.2, 0.25) is 0 Å². The summed E-state index contributed by atoms with van der Waals surface area (Å²) < 4.78 is 0. The molecule has 0 aliphatic carbocycles. The fourth-order valence-electron chi connectivity index (χ4n) is 1.78. The van der Waals surface area contributed by atoms with Gasteiger partial charge in [-0.25, -0.2) is 0 Å². The number of hydrogen-bond donors (Lipinski definition) is 2. The summed E-state index contributed by atoms with van der Waals surface area (Å²) in [6, 6.07) is 9.72. The first-order valence-corrected chi connectivity index (χ1v) is 6.20. The lowest BCUT2D eigenvalue weighted by atomic mass is 9.98. The summed E-state index contributed by atoms with van der Waals surface area (Å²) >= 11 is 0. The molecule has 18 heavy (non-hydrogen) atoms. The maximum absolute atomic E-state index is 11.7. The van der Waals surface area contributed by atoms with Crippen LogP contribution in [0, 0.1) is 5.92 Å². The number of carbonyl (C=O) groups excluding carboxylic acids is 2. The minimum absolute atomic E-state index is 0.0352. The fraction of sp³-hybridized carbons (Fsp3) is 0.429. The summed E-state index contributed by atoms with van der Waals surface area (Å²) in [5, 5.41) is 2.85. The zero-order valence-corrected chi connectivity index (χ0v) is 10.7. The lowest BCUT2D eigenvalue weighted by Gasteiger charge is -2.12. The van der Waals surface area contributed by atoms with Gasteiger partial charge in [-0.05, 0) is 11.5 Å². The van der Waals surface area contributed by atoms with Crippen molar-refractivity contribution in [2.45, 2.75) is 32.7 Å². The van der Waals surface area contributed by atoms with Gasteiger partial charge in [0.15, 0.2) is 0 Å². The quantitative estimate of drug-likeness (QED) is 0.769. The Labute approximate surface area is 108 Å². The van der Waals surface area contributed by atoms with Crippen LogP contribution in [0.15, 0.2) is 30.3 Å². The zero-order chi connectivity index (χ0) is 13.4. The number of primary amides is 1. The minimum Gasteiger partial charge on any atom is -0.370 e. The standard InChI is InChI=1S/C14H20N2O2/c1-2-11(8-13(15)17)9-14(18)16-10-12-6-4-3-5-7-12/h3-7,11H,2,8-10H2,1H3,(H2,15,17)(H,16,18). The molecular formula is C14H20N2O2. The van der Waals surface area contributed by atoms with E-state index in [2.05, 4.69) is 5.32 Å². The van der Waals surface area contributed by atoms with E-state index < -0.39 is 0 Å². The molecule has 0 radical (unpaired) electrons. The predicted molar refractivity (Wildman–Crippen MR) is 70.5 cm³/mol. The number of rotatable bonds is 7. The van der Waals surface area contributed by atoms with Crippen molar-refractivity contribution in [1.29, 1.82) is 0 Å². The molecule has 1 atom stereocenters. The third-order valence-electron chi connectivity index (χ3n) is 2.87. The smallest absolute Gasteiger partial charge is 0.220 e. The Morgan fingerprint density at radius 2 is 1.89 bits per heavy atom. The van der Waals surface area contributed by atoms with Crippen LogP contribution in [0.25, 0.3) is 0 Å².